The summed E-state index contributed by atoms with van der Waals surface area (Å²) in [6.07, 6.45) is 1.66. The van der Waals surface area contributed by atoms with Gasteiger partial charge in [0.2, 0.25) is 5.89 Å². The van der Waals surface area contributed by atoms with Crippen LogP contribution in [0.4, 0.5) is 0 Å². The lowest BCUT2D eigenvalue weighted by Gasteiger charge is -2.09. The number of guanidine groups is 1. The molecule has 0 spiro atoms. The van der Waals surface area contributed by atoms with Gasteiger partial charge in [0, 0.05) is 18.0 Å². The lowest BCUT2D eigenvalue weighted by Crippen LogP contribution is -2.36. The van der Waals surface area contributed by atoms with Gasteiger partial charge >= 0.3 is 0 Å². The van der Waals surface area contributed by atoms with E-state index in [9.17, 15) is 0 Å². The molecule has 2 heterocycles. The van der Waals surface area contributed by atoms with Gasteiger partial charge in [-0.15, -0.1) is 24.0 Å². The molecule has 4 aromatic rings. The van der Waals surface area contributed by atoms with Gasteiger partial charge in [0.1, 0.15) is 17.6 Å². The summed E-state index contributed by atoms with van der Waals surface area (Å²) in [7, 11) is 1.73. The second-order valence-electron chi connectivity index (χ2n) is 6.54. The van der Waals surface area contributed by atoms with Gasteiger partial charge in [-0.25, -0.2) is 4.98 Å². The Kier molecular flexibility index (Phi) is 6.92. The number of aliphatic imine (C=N–C) groups is 1. The molecule has 6 nitrogen and oxygen atoms in total. The van der Waals surface area contributed by atoms with Crippen LogP contribution in [0.2, 0.25) is 0 Å². The Labute approximate surface area is 186 Å². The molecule has 7 heteroatoms. The highest BCUT2D eigenvalue weighted by atomic mass is 127. The normalized spacial score (nSPS) is 11.3. The minimum absolute atomic E-state index is 0. The lowest BCUT2D eigenvalue weighted by atomic mass is 10.1. The molecule has 0 unspecified atom stereocenters. The predicted octanol–water partition coefficient (Wildman–Crippen LogP) is 4.88. The third-order valence-corrected chi connectivity index (χ3v) is 4.42. The maximum atomic E-state index is 5.81. The first kappa shape index (κ1) is 20.9. The monoisotopic (exact) mass is 502 g/mol. The smallest absolute Gasteiger partial charge is 0.226 e. The second-order valence-corrected chi connectivity index (χ2v) is 6.54. The van der Waals surface area contributed by atoms with E-state index in [0.717, 1.165) is 28.0 Å². The molecule has 0 saturated heterocycles. The molecule has 0 saturated carbocycles. The van der Waals surface area contributed by atoms with Crippen LogP contribution in [0.3, 0.4) is 0 Å². The van der Waals surface area contributed by atoms with Crippen LogP contribution in [0.1, 0.15) is 17.0 Å². The third-order valence-electron chi connectivity index (χ3n) is 4.42. The minimum Gasteiger partial charge on any atom is -0.459 e. The molecule has 29 heavy (non-hydrogen) atoms. The maximum absolute atomic E-state index is 5.81. The van der Waals surface area contributed by atoms with Crippen LogP contribution >= 0.6 is 24.0 Å². The summed E-state index contributed by atoms with van der Waals surface area (Å²) in [5.74, 6) is 2.13. The van der Waals surface area contributed by atoms with Crippen LogP contribution in [0.5, 0.6) is 0 Å². The average molecular weight is 502 g/mol. The van der Waals surface area contributed by atoms with Gasteiger partial charge < -0.3 is 19.5 Å². The molecule has 2 aromatic carbocycles. The zero-order valence-electron chi connectivity index (χ0n) is 16.3. The zero-order chi connectivity index (χ0) is 19.3. The number of rotatable bonds is 5. The Hall–Kier alpha value is -2.81. The van der Waals surface area contributed by atoms with E-state index in [-0.39, 0.29) is 24.0 Å². The highest BCUT2D eigenvalue weighted by molar-refractivity contribution is 14.0. The first-order chi connectivity index (χ1) is 13.7. The molecule has 0 atom stereocenters. The second kappa shape index (κ2) is 9.60. The molecule has 0 bridgehead atoms. The van der Waals surface area contributed by atoms with Gasteiger partial charge in [-0.3, -0.25) is 4.99 Å². The van der Waals surface area contributed by atoms with Crippen molar-refractivity contribution in [3.05, 3.63) is 77.9 Å². The van der Waals surface area contributed by atoms with Crippen molar-refractivity contribution in [2.75, 3.05) is 7.05 Å². The zero-order valence-corrected chi connectivity index (χ0v) is 18.6. The molecular weight excluding hydrogens is 479 g/mol. The van der Waals surface area contributed by atoms with E-state index in [2.05, 4.69) is 27.5 Å². The number of nitrogens with zero attached hydrogens (tertiary/aromatic N) is 2. The SMILES string of the molecule is CN=C(NCc1coc(-c2ccc(C)cc2)n1)NCc1cc2ccccc2o1.I. The summed E-state index contributed by atoms with van der Waals surface area (Å²) in [4.78, 5) is 8.77. The van der Waals surface area contributed by atoms with Gasteiger partial charge in [-0.1, -0.05) is 35.9 Å². The van der Waals surface area contributed by atoms with Crippen molar-refractivity contribution in [2.45, 2.75) is 20.0 Å². The Balaban J connectivity index is 0.00000240. The van der Waals surface area contributed by atoms with Gasteiger partial charge in [0.05, 0.1) is 18.8 Å². The number of oxazole rings is 1. The van der Waals surface area contributed by atoms with Crippen molar-refractivity contribution in [2.24, 2.45) is 4.99 Å². The van der Waals surface area contributed by atoms with E-state index in [4.69, 9.17) is 8.83 Å². The molecule has 2 N–H and O–H groups in total. The van der Waals surface area contributed by atoms with E-state index in [0.29, 0.717) is 24.9 Å². The topological polar surface area (TPSA) is 75.6 Å². The number of nitrogens with one attached hydrogen (secondary N) is 2. The number of para-hydroxylation sites is 1. The molecule has 0 aliphatic carbocycles. The standard InChI is InChI=1S/C22H22N4O2.HI/c1-15-7-9-16(10-8-15)21-26-18(14-27-21)12-24-22(23-2)25-13-19-11-17-5-3-4-6-20(17)28-19;/h3-11,14H,12-13H2,1-2H3,(H2,23,24,25);1H. The lowest BCUT2D eigenvalue weighted by molar-refractivity contribution is 0.538. The highest BCUT2D eigenvalue weighted by Gasteiger charge is 2.08. The number of aromatic nitrogens is 1. The molecule has 0 aliphatic rings. The predicted molar refractivity (Wildman–Crippen MR) is 125 cm³/mol. The van der Waals surface area contributed by atoms with Gasteiger partial charge in [0.15, 0.2) is 5.96 Å². The Morgan fingerprint density at radius 2 is 1.79 bits per heavy atom. The van der Waals surface area contributed by atoms with Crippen LogP contribution in [0.25, 0.3) is 22.4 Å². The van der Waals surface area contributed by atoms with Crippen LogP contribution < -0.4 is 10.6 Å². The van der Waals surface area contributed by atoms with Gasteiger partial charge in [0.25, 0.3) is 0 Å². The molecule has 2 aromatic heterocycles. The fourth-order valence-electron chi connectivity index (χ4n) is 2.91. The maximum Gasteiger partial charge on any atom is 0.226 e. The van der Waals surface area contributed by atoms with Crippen molar-refractivity contribution in [3.8, 4) is 11.5 Å². The molecule has 150 valence electrons. The number of furan rings is 1. The minimum atomic E-state index is 0. The largest absolute Gasteiger partial charge is 0.459 e. The first-order valence-electron chi connectivity index (χ1n) is 9.15. The van der Waals surface area contributed by atoms with Gasteiger partial charge in [-0.2, -0.15) is 0 Å². The summed E-state index contributed by atoms with van der Waals surface area (Å²) < 4.78 is 11.4. The van der Waals surface area contributed by atoms with E-state index in [1.165, 1.54) is 5.56 Å². The van der Waals surface area contributed by atoms with E-state index in [1.807, 2.05) is 54.6 Å². The van der Waals surface area contributed by atoms with Crippen molar-refractivity contribution in [3.63, 3.8) is 0 Å². The fraction of sp³-hybridized carbons (Fsp3) is 0.182. The number of aryl methyl sites for hydroxylation is 1. The van der Waals surface area contributed by atoms with Crippen LogP contribution in [0.15, 0.2) is 74.7 Å². The summed E-state index contributed by atoms with van der Waals surface area (Å²) in [6, 6.07) is 18.1. The molecule has 4 rings (SSSR count). The fourth-order valence-corrected chi connectivity index (χ4v) is 2.91. The Morgan fingerprint density at radius 3 is 2.55 bits per heavy atom. The molecule has 0 fully saturated rings. The van der Waals surface area contributed by atoms with Crippen LogP contribution in [-0.2, 0) is 13.1 Å². The molecular formula is C22H23IN4O2. The summed E-state index contributed by atoms with van der Waals surface area (Å²) >= 11 is 0. The quantitative estimate of drug-likeness (QED) is 0.231. The summed E-state index contributed by atoms with van der Waals surface area (Å²) in [5.41, 5.74) is 3.86. The van der Waals surface area contributed by atoms with Crippen molar-refractivity contribution in [1.82, 2.24) is 15.6 Å². The number of halogens is 1. The highest BCUT2D eigenvalue weighted by Crippen LogP contribution is 2.19. The number of benzene rings is 2. The van der Waals surface area contributed by atoms with Crippen molar-refractivity contribution >= 4 is 40.9 Å². The summed E-state index contributed by atoms with van der Waals surface area (Å²) in [6.45, 7) is 3.11. The average Bonchev–Trinajstić information content (AvgIpc) is 3.35. The Bertz CT molecular complexity index is 1070. The van der Waals surface area contributed by atoms with E-state index >= 15 is 0 Å². The molecule has 0 radical (unpaired) electrons. The van der Waals surface area contributed by atoms with Crippen LogP contribution in [0, 0.1) is 6.92 Å². The molecule has 0 amide bonds. The van der Waals surface area contributed by atoms with Gasteiger partial charge in [-0.05, 0) is 31.2 Å². The Morgan fingerprint density at radius 1 is 1.03 bits per heavy atom. The first-order valence-corrected chi connectivity index (χ1v) is 9.15. The number of hydrogen-bond donors (Lipinski definition) is 2. The van der Waals surface area contributed by atoms with Crippen molar-refractivity contribution < 1.29 is 8.83 Å². The van der Waals surface area contributed by atoms with Crippen LogP contribution in [-0.4, -0.2) is 18.0 Å². The number of hydrogen-bond acceptors (Lipinski definition) is 4. The van der Waals surface area contributed by atoms with E-state index in [1.54, 1.807) is 13.3 Å². The molecule has 0 aliphatic heterocycles. The third kappa shape index (κ3) is 5.17. The van der Waals surface area contributed by atoms with E-state index < -0.39 is 0 Å². The number of fused-ring (bicyclic) bond motifs is 1. The summed E-state index contributed by atoms with van der Waals surface area (Å²) in [5, 5.41) is 7.58. The van der Waals surface area contributed by atoms with Crippen molar-refractivity contribution in [1.29, 1.82) is 0 Å².